The molecule has 0 atom stereocenters. The van der Waals surface area contributed by atoms with Gasteiger partial charge >= 0.3 is 5.97 Å². The molecule has 0 saturated heterocycles. The van der Waals surface area contributed by atoms with Gasteiger partial charge in [-0.1, -0.05) is 18.2 Å². The van der Waals surface area contributed by atoms with Gasteiger partial charge in [0.2, 0.25) is 0 Å². The zero-order chi connectivity index (χ0) is 16.7. The predicted molar refractivity (Wildman–Crippen MR) is 88.9 cm³/mol. The predicted octanol–water partition coefficient (Wildman–Crippen LogP) is 3.47. The Hall–Kier alpha value is -2.91. The largest absolute Gasteiger partial charge is 0.462 e. The lowest BCUT2D eigenvalue weighted by atomic mass is 10.1. The number of esters is 1. The highest BCUT2D eigenvalue weighted by Gasteiger charge is 2.16. The molecule has 1 N–H and O–H groups in total. The molecule has 0 fully saturated rings. The fourth-order valence-corrected chi connectivity index (χ4v) is 2.49. The molecule has 0 aliphatic rings. The van der Waals surface area contributed by atoms with Crippen LogP contribution >= 0.6 is 11.3 Å². The molecule has 6 heteroatoms. The van der Waals surface area contributed by atoms with Crippen molar-refractivity contribution in [1.29, 1.82) is 5.26 Å². The van der Waals surface area contributed by atoms with Gasteiger partial charge in [-0.05, 0) is 36.6 Å². The zero-order valence-electron chi connectivity index (χ0n) is 12.4. The average Bonchev–Trinajstić information content (AvgIpc) is 3.06. The fraction of sp³-hybridized carbons (Fsp3) is 0.118. The van der Waals surface area contributed by atoms with Crippen molar-refractivity contribution in [1.82, 2.24) is 0 Å². The summed E-state index contributed by atoms with van der Waals surface area (Å²) in [5.74, 6) is -1.10. The van der Waals surface area contributed by atoms with Gasteiger partial charge in [-0.25, -0.2) is 4.79 Å². The van der Waals surface area contributed by atoms with E-state index in [1.807, 2.05) is 23.6 Å². The molecular weight excluding hydrogens is 312 g/mol. The minimum Gasteiger partial charge on any atom is -0.462 e. The van der Waals surface area contributed by atoms with E-state index >= 15 is 0 Å². The van der Waals surface area contributed by atoms with Gasteiger partial charge in [0, 0.05) is 4.88 Å². The van der Waals surface area contributed by atoms with Gasteiger partial charge in [-0.15, -0.1) is 11.3 Å². The molecule has 23 heavy (non-hydrogen) atoms. The Balaban J connectivity index is 2.23. The molecule has 0 radical (unpaired) electrons. The van der Waals surface area contributed by atoms with Crippen LogP contribution in [-0.2, 0) is 9.53 Å². The van der Waals surface area contributed by atoms with Crippen LogP contribution in [0.3, 0.4) is 0 Å². The van der Waals surface area contributed by atoms with Crippen LogP contribution in [0.1, 0.15) is 22.2 Å². The van der Waals surface area contributed by atoms with E-state index in [1.54, 1.807) is 31.2 Å². The summed E-state index contributed by atoms with van der Waals surface area (Å²) in [6.07, 6.45) is 1.51. The first-order valence-electron chi connectivity index (χ1n) is 6.88. The van der Waals surface area contributed by atoms with E-state index in [0.717, 1.165) is 4.88 Å². The van der Waals surface area contributed by atoms with Crippen molar-refractivity contribution < 1.29 is 14.3 Å². The smallest absolute Gasteiger partial charge is 0.340 e. The molecule has 0 unspecified atom stereocenters. The fourth-order valence-electron chi connectivity index (χ4n) is 1.83. The third-order valence-electron chi connectivity index (χ3n) is 2.87. The van der Waals surface area contributed by atoms with E-state index in [1.165, 1.54) is 17.4 Å². The molecular formula is C17H14N2O3S. The van der Waals surface area contributed by atoms with Gasteiger partial charge in [0.15, 0.2) is 0 Å². The highest BCUT2D eigenvalue weighted by atomic mass is 32.1. The van der Waals surface area contributed by atoms with Crippen molar-refractivity contribution >= 4 is 35.0 Å². The number of benzene rings is 1. The van der Waals surface area contributed by atoms with Gasteiger partial charge in [-0.2, -0.15) is 5.26 Å². The van der Waals surface area contributed by atoms with Crippen molar-refractivity contribution in [3.8, 4) is 6.07 Å². The van der Waals surface area contributed by atoms with Crippen LogP contribution in [0.15, 0.2) is 47.4 Å². The van der Waals surface area contributed by atoms with Gasteiger partial charge in [0.1, 0.15) is 11.6 Å². The number of rotatable bonds is 5. The number of amides is 1. The minimum atomic E-state index is -0.572. The molecule has 0 aliphatic carbocycles. The lowest BCUT2D eigenvalue weighted by Gasteiger charge is -2.09. The number of nitrogens with one attached hydrogen (secondary N) is 1. The lowest BCUT2D eigenvalue weighted by molar-refractivity contribution is -0.112. The summed E-state index contributed by atoms with van der Waals surface area (Å²) in [4.78, 5) is 24.9. The summed E-state index contributed by atoms with van der Waals surface area (Å²) < 4.78 is 4.95. The van der Waals surface area contributed by atoms with Gasteiger partial charge < -0.3 is 10.1 Å². The van der Waals surface area contributed by atoms with Crippen LogP contribution in [0.2, 0.25) is 0 Å². The van der Waals surface area contributed by atoms with Crippen LogP contribution in [0, 0.1) is 11.3 Å². The maximum absolute atomic E-state index is 12.3. The number of hydrogen-bond acceptors (Lipinski definition) is 5. The third kappa shape index (κ3) is 4.28. The number of hydrogen-bond donors (Lipinski definition) is 1. The molecule has 0 saturated carbocycles. The van der Waals surface area contributed by atoms with Crippen molar-refractivity contribution in [2.75, 3.05) is 11.9 Å². The maximum atomic E-state index is 12.3. The quantitative estimate of drug-likeness (QED) is 0.518. The number of para-hydroxylation sites is 1. The number of nitrogens with zero attached hydrogens (tertiary/aromatic N) is 1. The van der Waals surface area contributed by atoms with Crippen molar-refractivity contribution in [3.05, 3.63) is 57.8 Å². The monoisotopic (exact) mass is 326 g/mol. The second-order valence-corrected chi connectivity index (χ2v) is 5.38. The summed E-state index contributed by atoms with van der Waals surface area (Å²) in [6, 6.07) is 12.0. The molecule has 1 amide bonds. The minimum absolute atomic E-state index is 0.0360. The third-order valence-corrected chi connectivity index (χ3v) is 3.68. The molecule has 2 rings (SSSR count). The highest BCUT2D eigenvalue weighted by molar-refractivity contribution is 7.10. The van der Waals surface area contributed by atoms with E-state index < -0.39 is 11.9 Å². The second kappa shape index (κ2) is 7.92. The Morgan fingerprint density at radius 1 is 1.30 bits per heavy atom. The molecule has 116 valence electrons. The van der Waals surface area contributed by atoms with Crippen LogP contribution < -0.4 is 5.32 Å². The first-order chi connectivity index (χ1) is 11.2. The Labute approximate surface area is 137 Å². The summed E-state index contributed by atoms with van der Waals surface area (Å²) >= 11 is 1.42. The Bertz CT molecular complexity index is 773. The Kier molecular flexibility index (Phi) is 5.67. The van der Waals surface area contributed by atoms with Crippen LogP contribution in [0.5, 0.6) is 0 Å². The molecule has 0 bridgehead atoms. The van der Waals surface area contributed by atoms with Gasteiger partial charge in [-0.3, -0.25) is 4.79 Å². The highest BCUT2D eigenvalue weighted by Crippen LogP contribution is 2.18. The normalized spacial score (nSPS) is 10.7. The molecule has 1 heterocycles. The van der Waals surface area contributed by atoms with Gasteiger partial charge in [0.05, 0.1) is 17.9 Å². The molecule has 0 spiro atoms. The van der Waals surface area contributed by atoms with E-state index in [2.05, 4.69) is 5.32 Å². The van der Waals surface area contributed by atoms with Crippen LogP contribution in [0.4, 0.5) is 5.69 Å². The standard InChI is InChI=1S/C17H14N2O3S/c1-2-22-17(21)14-7-3-4-8-15(14)19-16(20)12(11-18)10-13-6-5-9-23-13/h3-10H,2H2,1H3,(H,19,20)/b12-10+. The van der Waals surface area contributed by atoms with Crippen molar-refractivity contribution in [2.24, 2.45) is 0 Å². The Morgan fingerprint density at radius 2 is 2.09 bits per heavy atom. The summed E-state index contributed by atoms with van der Waals surface area (Å²) in [7, 11) is 0. The van der Waals surface area contributed by atoms with Crippen LogP contribution in [-0.4, -0.2) is 18.5 Å². The van der Waals surface area contributed by atoms with E-state index in [-0.39, 0.29) is 17.7 Å². The summed E-state index contributed by atoms with van der Waals surface area (Å²) in [5.41, 5.74) is 0.519. The number of ether oxygens (including phenoxy) is 1. The Morgan fingerprint density at radius 3 is 2.74 bits per heavy atom. The van der Waals surface area contributed by atoms with E-state index in [0.29, 0.717) is 5.69 Å². The number of nitriles is 1. The van der Waals surface area contributed by atoms with Crippen molar-refractivity contribution in [2.45, 2.75) is 6.92 Å². The summed E-state index contributed by atoms with van der Waals surface area (Å²) in [5, 5.41) is 13.6. The SMILES string of the molecule is CCOC(=O)c1ccccc1NC(=O)/C(C#N)=C/c1cccs1. The van der Waals surface area contributed by atoms with Crippen LogP contribution in [0.25, 0.3) is 6.08 Å². The first-order valence-corrected chi connectivity index (χ1v) is 7.76. The maximum Gasteiger partial charge on any atom is 0.340 e. The van der Waals surface area contributed by atoms with E-state index in [4.69, 9.17) is 10.00 Å². The van der Waals surface area contributed by atoms with Gasteiger partial charge in [0.25, 0.3) is 5.91 Å². The topological polar surface area (TPSA) is 79.2 Å². The lowest BCUT2D eigenvalue weighted by Crippen LogP contribution is -2.17. The average molecular weight is 326 g/mol. The number of thiophene rings is 1. The molecule has 1 aromatic heterocycles. The number of carbonyl (C=O) groups is 2. The molecule has 0 aliphatic heterocycles. The molecule has 1 aromatic carbocycles. The van der Waals surface area contributed by atoms with E-state index in [9.17, 15) is 9.59 Å². The first kappa shape index (κ1) is 16.5. The number of anilines is 1. The summed E-state index contributed by atoms with van der Waals surface area (Å²) in [6.45, 7) is 1.94. The molecule has 2 aromatic rings. The molecule has 5 nitrogen and oxygen atoms in total. The number of carbonyl (C=O) groups excluding carboxylic acids is 2. The van der Waals surface area contributed by atoms with Crippen molar-refractivity contribution in [3.63, 3.8) is 0 Å². The zero-order valence-corrected chi connectivity index (χ0v) is 13.2. The second-order valence-electron chi connectivity index (χ2n) is 4.41.